The minimum absolute atomic E-state index is 0.0169. The molecule has 1 aromatic heterocycles. The highest BCUT2D eigenvalue weighted by atomic mass is 16.3. The third-order valence-electron chi connectivity index (χ3n) is 15.6. The minimum atomic E-state index is -0.402. The van der Waals surface area contributed by atoms with Gasteiger partial charge in [0.25, 0.3) is 0 Å². The number of rotatable bonds is 3. The molecular weight excluding hydrogens is 568 g/mol. The second-order valence-corrected chi connectivity index (χ2v) is 18.5. The highest BCUT2D eigenvalue weighted by Gasteiger charge is 2.69. The highest BCUT2D eigenvalue weighted by Crippen LogP contribution is 2.76. The van der Waals surface area contributed by atoms with Gasteiger partial charge in [-0.3, -0.25) is 9.59 Å². The molecule has 0 radical (unpaired) electrons. The first-order chi connectivity index (χ1) is 21.6. The van der Waals surface area contributed by atoms with E-state index in [-0.39, 0.29) is 27.1 Å². The second-order valence-electron chi connectivity index (χ2n) is 18.5. The normalized spacial score (nSPS) is 42.8. The van der Waals surface area contributed by atoms with Crippen LogP contribution in [0.5, 0.6) is 0 Å². The predicted octanol–water partition coefficient (Wildman–Crippen LogP) is 8.81. The van der Waals surface area contributed by atoms with Crippen LogP contribution in [-0.2, 0) is 9.59 Å². The molecule has 0 unspecified atom stereocenters. The fraction of sp³-hybridized carbons (Fsp3) is 0.756. The topological polar surface area (TPSA) is 53.8 Å². The molecule has 5 aliphatic carbocycles. The Hall–Kier alpha value is -2.14. The van der Waals surface area contributed by atoms with Crippen LogP contribution in [-0.4, -0.2) is 54.2 Å². The van der Waals surface area contributed by atoms with Gasteiger partial charge in [-0.05, 0) is 128 Å². The molecule has 252 valence electrons. The van der Waals surface area contributed by atoms with Gasteiger partial charge in [-0.2, -0.15) is 0 Å². The van der Waals surface area contributed by atoms with Crippen molar-refractivity contribution in [1.29, 1.82) is 0 Å². The van der Waals surface area contributed by atoms with E-state index >= 15 is 0 Å². The molecule has 0 bridgehead atoms. The fourth-order valence-corrected chi connectivity index (χ4v) is 12.7. The first kappa shape index (κ1) is 32.4. The quantitative estimate of drug-likeness (QED) is 0.248. The Bertz CT molecular complexity index is 1440. The number of carbonyl (C=O) groups excluding carboxylic acids is 2. The van der Waals surface area contributed by atoms with E-state index in [0.29, 0.717) is 29.4 Å². The van der Waals surface area contributed by atoms with Crippen molar-refractivity contribution in [2.75, 3.05) is 32.7 Å². The van der Waals surface area contributed by atoms with Gasteiger partial charge in [-0.1, -0.05) is 67.0 Å². The van der Waals surface area contributed by atoms with E-state index in [4.69, 9.17) is 4.42 Å². The molecule has 5 nitrogen and oxygen atoms in total. The number of likely N-dealkylation sites (N-methyl/N-ethyl adjacent to an activating group) is 1. The van der Waals surface area contributed by atoms with Crippen LogP contribution in [0.4, 0.5) is 0 Å². The van der Waals surface area contributed by atoms with Crippen molar-refractivity contribution < 1.29 is 14.0 Å². The largest absolute Gasteiger partial charge is 0.465 e. The summed E-state index contributed by atoms with van der Waals surface area (Å²) in [7, 11) is 0. The molecule has 2 heterocycles. The number of furan rings is 1. The number of ketones is 1. The van der Waals surface area contributed by atoms with E-state index < -0.39 is 5.41 Å². The number of hydrogen-bond donors (Lipinski definition) is 0. The van der Waals surface area contributed by atoms with E-state index in [2.05, 4.69) is 71.3 Å². The maximum Gasteiger partial charge on any atom is 0.229 e. The summed E-state index contributed by atoms with van der Waals surface area (Å²) in [5.74, 6) is 2.73. The van der Waals surface area contributed by atoms with E-state index in [1.807, 2.05) is 18.2 Å². The first-order valence-corrected chi connectivity index (χ1v) is 18.6. The van der Waals surface area contributed by atoms with Crippen molar-refractivity contribution in [2.24, 2.45) is 50.2 Å². The number of allylic oxidation sites excluding steroid dienone is 3. The molecular formula is C41H60N2O3. The number of carbonyl (C=O) groups is 2. The standard InChI is InChI=1S/C41H60N2O3/c1-9-42-20-22-43(23-21-42)35(45)41-18-16-36(2,3)27-31(41)30-12-13-33-38(6)26-28(25-29-11-10-24-46-29)34(44)37(4,5)32(38)14-15-40(33,8)39(30,7)17-19-41/h10-12,24-25,31-33H,9,13-23,26-27H2,1-8H3/b28-25-/t31-,32-,33+,38-,39+,40+,41-/m0/s1. The zero-order chi connectivity index (χ0) is 32.9. The molecule has 1 saturated heterocycles. The van der Waals surface area contributed by atoms with Gasteiger partial charge in [-0.15, -0.1) is 0 Å². The van der Waals surface area contributed by atoms with Crippen LogP contribution < -0.4 is 0 Å². The van der Waals surface area contributed by atoms with E-state index in [1.165, 1.54) is 0 Å². The first-order valence-electron chi connectivity index (χ1n) is 18.6. The van der Waals surface area contributed by atoms with Crippen LogP contribution in [0.15, 0.2) is 40.0 Å². The lowest BCUT2D eigenvalue weighted by molar-refractivity contribution is -0.182. The van der Waals surface area contributed by atoms with Crippen molar-refractivity contribution in [3.05, 3.63) is 41.4 Å². The van der Waals surface area contributed by atoms with Gasteiger partial charge in [0.2, 0.25) is 5.91 Å². The van der Waals surface area contributed by atoms with Crippen LogP contribution in [0.1, 0.15) is 119 Å². The molecule has 7 atom stereocenters. The Morgan fingerprint density at radius 1 is 0.957 bits per heavy atom. The third-order valence-corrected chi connectivity index (χ3v) is 15.6. The molecule has 7 rings (SSSR count). The monoisotopic (exact) mass is 628 g/mol. The molecule has 4 saturated carbocycles. The van der Waals surface area contributed by atoms with Gasteiger partial charge in [0.1, 0.15) is 5.76 Å². The van der Waals surface area contributed by atoms with Gasteiger partial charge in [-0.25, -0.2) is 0 Å². The van der Waals surface area contributed by atoms with Crippen LogP contribution in [0.25, 0.3) is 6.08 Å². The summed E-state index contributed by atoms with van der Waals surface area (Å²) in [6, 6.07) is 3.88. The average Bonchev–Trinajstić information content (AvgIpc) is 3.53. The smallest absolute Gasteiger partial charge is 0.229 e. The second kappa shape index (κ2) is 10.7. The number of fused-ring (bicyclic) bond motifs is 7. The summed E-state index contributed by atoms with van der Waals surface area (Å²) in [4.78, 5) is 33.6. The number of Topliss-reactive ketones (excluding diaryl/α,β-unsaturated/α-hetero) is 1. The molecule has 0 spiro atoms. The minimum Gasteiger partial charge on any atom is -0.465 e. The summed E-state index contributed by atoms with van der Waals surface area (Å²) in [5.41, 5.74) is 2.36. The Labute approximate surface area is 278 Å². The van der Waals surface area contributed by atoms with Gasteiger partial charge in [0.05, 0.1) is 11.7 Å². The van der Waals surface area contributed by atoms with Crippen molar-refractivity contribution in [1.82, 2.24) is 9.80 Å². The van der Waals surface area contributed by atoms with Gasteiger partial charge < -0.3 is 14.2 Å². The lowest BCUT2D eigenvalue weighted by Gasteiger charge is -2.71. The molecule has 5 heteroatoms. The molecule has 5 fully saturated rings. The molecule has 0 N–H and O–H groups in total. The lowest BCUT2D eigenvalue weighted by Crippen LogP contribution is -2.66. The zero-order valence-corrected chi connectivity index (χ0v) is 30.1. The average molecular weight is 629 g/mol. The highest BCUT2D eigenvalue weighted by molar-refractivity contribution is 6.04. The van der Waals surface area contributed by atoms with Crippen molar-refractivity contribution in [3.8, 4) is 0 Å². The Balaban J connectivity index is 1.27. The Morgan fingerprint density at radius 3 is 2.35 bits per heavy atom. The maximum absolute atomic E-state index is 14.8. The molecule has 6 aliphatic rings. The lowest BCUT2D eigenvalue weighted by atomic mass is 9.33. The van der Waals surface area contributed by atoms with Crippen molar-refractivity contribution in [2.45, 2.75) is 113 Å². The molecule has 1 aromatic rings. The van der Waals surface area contributed by atoms with Crippen LogP contribution in [0, 0.1) is 50.2 Å². The predicted molar refractivity (Wildman–Crippen MR) is 185 cm³/mol. The molecule has 1 aliphatic heterocycles. The SMILES string of the molecule is CCN1CCN(C(=O)[C@]23CCC(C)(C)C[C@H]2C2=CC[C@@H]4[C@@]5(C)C/C(=C/c6ccco6)C(=O)C(C)(C)[C@@H]5CC[C@@]4(C)[C@]2(C)CC3)CC1. The van der Waals surface area contributed by atoms with Crippen LogP contribution >= 0.6 is 0 Å². The number of piperazine rings is 1. The van der Waals surface area contributed by atoms with E-state index in [1.54, 1.807) is 11.8 Å². The number of amides is 1. The summed E-state index contributed by atoms with van der Waals surface area (Å²) >= 11 is 0. The molecule has 0 aromatic carbocycles. The summed E-state index contributed by atoms with van der Waals surface area (Å²) in [6.07, 6.45) is 16.0. The molecule has 46 heavy (non-hydrogen) atoms. The van der Waals surface area contributed by atoms with Crippen LogP contribution in [0.2, 0.25) is 0 Å². The van der Waals surface area contributed by atoms with Gasteiger partial charge >= 0.3 is 0 Å². The van der Waals surface area contributed by atoms with Crippen molar-refractivity contribution >= 4 is 17.8 Å². The zero-order valence-electron chi connectivity index (χ0n) is 30.1. The Morgan fingerprint density at radius 2 is 1.67 bits per heavy atom. The maximum atomic E-state index is 14.8. The number of hydrogen-bond acceptors (Lipinski definition) is 4. The fourth-order valence-electron chi connectivity index (χ4n) is 12.7. The Kier molecular flexibility index (Phi) is 7.52. The van der Waals surface area contributed by atoms with Crippen molar-refractivity contribution in [3.63, 3.8) is 0 Å². The molecule has 1 amide bonds. The van der Waals surface area contributed by atoms with Gasteiger partial charge in [0.15, 0.2) is 5.78 Å². The van der Waals surface area contributed by atoms with E-state index in [9.17, 15) is 9.59 Å². The summed E-state index contributed by atoms with van der Waals surface area (Å²) in [5, 5.41) is 0. The third kappa shape index (κ3) is 4.48. The summed E-state index contributed by atoms with van der Waals surface area (Å²) in [6.45, 7) is 24.1. The number of nitrogens with zero attached hydrogens (tertiary/aromatic N) is 2. The van der Waals surface area contributed by atoms with E-state index in [0.717, 1.165) is 102 Å². The summed E-state index contributed by atoms with van der Waals surface area (Å²) < 4.78 is 5.71. The van der Waals surface area contributed by atoms with Crippen LogP contribution in [0.3, 0.4) is 0 Å². The van der Waals surface area contributed by atoms with Gasteiger partial charge in [0, 0.05) is 31.6 Å².